The quantitative estimate of drug-likeness (QED) is 0.347. The molecular formula is C12H20O9. The van der Waals surface area contributed by atoms with Crippen LogP contribution in [0.5, 0.6) is 0 Å². The third-order valence-electron chi connectivity index (χ3n) is 2.35. The van der Waals surface area contributed by atoms with Crippen molar-refractivity contribution in [1.82, 2.24) is 0 Å². The SMILES string of the molecule is CC(=O)OC[C@H](O)[C@@H](OC(C)=O)[C@@H](O)[C@@H](CO)OC(C)=O. The average Bonchev–Trinajstić information content (AvgIpc) is 2.38. The summed E-state index contributed by atoms with van der Waals surface area (Å²) in [6, 6.07) is 0. The first-order valence-electron chi connectivity index (χ1n) is 6.13. The van der Waals surface area contributed by atoms with Crippen molar-refractivity contribution in [2.75, 3.05) is 13.2 Å². The van der Waals surface area contributed by atoms with E-state index in [0.717, 1.165) is 20.8 Å². The second-order valence-electron chi connectivity index (χ2n) is 4.27. The third kappa shape index (κ3) is 7.59. The number of rotatable bonds is 8. The van der Waals surface area contributed by atoms with E-state index in [4.69, 9.17) is 9.84 Å². The predicted molar refractivity (Wildman–Crippen MR) is 66.8 cm³/mol. The molecule has 122 valence electrons. The van der Waals surface area contributed by atoms with Crippen LogP contribution in [0.4, 0.5) is 0 Å². The zero-order chi connectivity index (χ0) is 16.6. The number of hydrogen-bond acceptors (Lipinski definition) is 9. The van der Waals surface area contributed by atoms with E-state index < -0.39 is 55.5 Å². The summed E-state index contributed by atoms with van der Waals surface area (Å²) in [5.41, 5.74) is 0. The highest BCUT2D eigenvalue weighted by molar-refractivity contribution is 5.67. The maximum absolute atomic E-state index is 11.0. The standard InChI is InChI=1S/C12H20O9/c1-6(14)19-5-9(17)12(21-8(3)16)11(18)10(4-13)20-7(2)15/h9-13,17-18H,4-5H2,1-3H3/t9-,10+,11-,12+/m0/s1. The molecule has 0 unspecified atom stereocenters. The molecule has 0 saturated carbocycles. The van der Waals surface area contributed by atoms with E-state index in [1.54, 1.807) is 0 Å². The first-order valence-corrected chi connectivity index (χ1v) is 6.13. The summed E-state index contributed by atoms with van der Waals surface area (Å²) in [4.78, 5) is 32.6. The van der Waals surface area contributed by atoms with Gasteiger partial charge in [0.1, 0.15) is 18.8 Å². The normalized spacial score (nSPS) is 16.3. The Morgan fingerprint density at radius 2 is 1.48 bits per heavy atom. The number of aliphatic hydroxyl groups excluding tert-OH is 3. The van der Waals surface area contributed by atoms with Crippen LogP contribution in [0.3, 0.4) is 0 Å². The molecule has 0 saturated heterocycles. The van der Waals surface area contributed by atoms with Gasteiger partial charge in [0.2, 0.25) is 0 Å². The van der Waals surface area contributed by atoms with Crippen molar-refractivity contribution in [3.63, 3.8) is 0 Å². The van der Waals surface area contributed by atoms with Gasteiger partial charge >= 0.3 is 17.9 Å². The minimum Gasteiger partial charge on any atom is -0.463 e. The van der Waals surface area contributed by atoms with Crippen molar-refractivity contribution in [1.29, 1.82) is 0 Å². The van der Waals surface area contributed by atoms with Gasteiger partial charge in [0.25, 0.3) is 0 Å². The van der Waals surface area contributed by atoms with E-state index in [-0.39, 0.29) is 0 Å². The topological polar surface area (TPSA) is 140 Å². The van der Waals surface area contributed by atoms with E-state index in [1.807, 2.05) is 0 Å². The van der Waals surface area contributed by atoms with Crippen molar-refractivity contribution < 1.29 is 43.9 Å². The summed E-state index contributed by atoms with van der Waals surface area (Å²) in [7, 11) is 0. The highest BCUT2D eigenvalue weighted by atomic mass is 16.6. The minimum absolute atomic E-state index is 0.539. The molecule has 0 aliphatic rings. The van der Waals surface area contributed by atoms with Crippen molar-refractivity contribution in [2.24, 2.45) is 0 Å². The average molecular weight is 308 g/mol. The van der Waals surface area contributed by atoms with Gasteiger partial charge in [0.05, 0.1) is 6.61 Å². The molecule has 0 radical (unpaired) electrons. The van der Waals surface area contributed by atoms with E-state index in [9.17, 15) is 24.6 Å². The molecule has 0 fully saturated rings. The number of carbonyl (C=O) groups is 3. The first kappa shape index (κ1) is 19.3. The lowest BCUT2D eigenvalue weighted by atomic mass is 10.0. The van der Waals surface area contributed by atoms with Crippen molar-refractivity contribution in [3.8, 4) is 0 Å². The Labute approximate surface area is 121 Å². The lowest BCUT2D eigenvalue weighted by Gasteiger charge is -2.30. The van der Waals surface area contributed by atoms with Crippen LogP contribution < -0.4 is 0 Å². The molecule has 0 aliphatic heterocycles. The number of hydrogen-bond donors (Lipinski definition) is 3. The Balaban J connectivity index is 4.95. The maximum Gasteiger partial charge on any atom is 0.303 e. The molecule has 4 atom stereocenters. The van der Waals surface area contributed by atoms with Gasteiger partial charge in [0.15, 0.2) is 12.2 Å². The van der Waals surface area contributed by atoms with E-state index in [1.165, 1.54) is 0 Å². The summed E-state index contributed by atoms with van der Waals surface area (Å²) in [6.45, 7) is 1.92. The molecule has 9 nitrogen and oxygen atoms in total. The lowest BCUT2D eigenvalue weighted by Crippen LogP contribution is -2.51. The number of esters is 3. The maximum atomic E-state index is 11.0. The van der Waals surface area contributed by atoms with Crippen LogP contribution in [0, 0.1) is 0 Å². The second kappa shape index (κ2) is 9.27. The molecule has 0 aliphatic carbocycles. The van der Waals surface area contributed by atoms with Crippen LogP contribution in [0.2, 0.25) is 0 Å². The van der Waals surface area contributed by atoms with Gasteiger partial charge in [0, 0.05) is 20.8 Å². The molecule has 3 N–H and O–H groups in total. The molecule has 0 bridgehead atoms. The summed E-state index contributed by atoms with van der Waals surface area (Å²) in [6.07, 6.45) is -6.21. The Morgan fingerprint density at radius 1 is 0.952 bits per heavy atom. The molecule has 0 amide bonds. The molecule has 21 heavy (non-hydrogen) atoms. The van der Waals surface area contributed by atoms with Gasteiger partial charge in [-0.15, -0.1) is 0 Å². The zero-order valence-electron chi connectivity index (χ0n) is 12.0. The predicted octanol–water partition coefficient (Wildman–Crippen LogP) is -1.87. The largest absolute Gasteiger partial charge is 0.463 e. The molecule has 0 rings (SSSR count). The highest BCUT2D eigenvalue weighted by Crippen LogP contribution is 2.13. The van der Waals surface area contributed by atoms with Gasteiger partial charge in [-0.2, -0.15) is 0 Å². The number of ether oxygens (including phenoxy) is 3. The molecule has 0 aromatic carbocycles. The first-order chi connectivity index (χ1) is 9.68. The molecule has 0 heterocycles. The molecular weight excluding hydrogens is 288 g/mol. The molecule has 0 aromatic rings. The Bertz CT molecular complexity index is 368. The van der Waals surface area contributed by atoms with Crippen molar-refractivity contribution >= 4 is 17.9 Å². The minimum atomic E-state index is -1.70. The van der Waals surface area contributed by atoms with Crippen LogP contribution >= 0.6 is 0 Å². The van der Waals surface area contributed by atoms with Crippen LogP contribution in [-0.4, -0.2) is 70.9 Å². The summed E-state index contributed by atoms with van der Waals surface area (Å²) < 4.78 is 13.9. The van der Waals surface area contributed by atoms with Crippen LogP contribution in [0.15, 0.2) is 0 Å². The van der Waals surface area contributed by atoms with E-state index in [2.05, 4.69) is 9.47 Å². The fourth-order valence-corrected chi connectivity index (χ4v) is 1.50. The van der Waals surface area contributed by atoms with Crippen LogP contribution in [0.1, 0.15) is 20.8 Å². The summed E-state index contributed by atoms with van der Waals surface area (Å²) >= 11 is 0. The lowest BCUT2D eigenvalue weighted by molar-refractivity contribution is -0.186. The molecule has 0 aromatic heterocycles. The second-order valence-corrected chi connectivity index (χ2v) is 4.27. The fraction of sp³-hybridized carbons (Fsp3) is 0.750. The van der Waals surface area contributed by atoms with Crippen LogP contribution in [-0.2, 0) is 28.6 Å². The van der Waals surface area contributed by atoms with E-state index >= 15 is 0 Å². The Morgan fingerprint density at radius 3 is 1.86 bits per heavy atom. The Hall–Kier alpha value is -1.71. The number of carbonyl (C=O) groups excluding carboxylic acids is 3. The van der Waals surface area contributed by atoms with Gasteiger partial charge < -0.3 is 29.5 Å². The van der Waals surface area contributed by atoms with Gasteiger partial charge in [-0.3, -0.25) is 14.4 Å². The van der Waals surface area contributed by atoms with Gasteiger partial charge in [-0.1, -0.05) is 0 Å². The monoisotopic (exact) mass is 308 g/mol. The van der Waals surface area contributed by atoms with Crippen molar-refractivity contribution in [2.45, 2.75) is 45.2 Å². The third-order valence-corrected chi connectivity index (χ3v) is 2.35. The van der Waals surface area contributed by atoms with Gasteiger partial charge in [-0.25, -0.2) is 0 Å². The fourth-order valence-electron chi connectivity index (χ4n) is 1.50. The van der Waals surface area contributed by atoms with Gasteiger partial charge in [-0.05, 0) is 0 Å². The van der Waals surface area contributed by atoms with Crippen LogP contribution in [0.25, 0.3) is 0 Å². The smallest absolute Gasteiger partial charge is 0.303 e. The van der Waals surface area contributed by atoms with Crippen molar-refractivity contribution in [3.05, 3.63) is 0 Å². The zero-order valence-corrected chi connectivity index (χ0v) is 12.0. The summed E-state index contributed by atoms with van der Waals surface area (Å²) in [5.74, 6) is -2.27. The molecule has 0 spiro atoms. The number of aliphatic hydroxyl groups is 3. The molecule has 9 heteroatoms. The summed E-state index contributed by atoms with van der Waals surface area (Å²) in [5, 5.41) is 28.9. The Kier molecular flexibility index (Phi) is 8.51. The van der Waals surface area contributed by atoms with E-state index in [0.29, 0.717) is 0 Å². The highest BCUT2D eigenvalue weighted by Gasteiger charge is 2.37.